The molecule has 0 saturated carbocycles. The maximum atomic E-state index is 12.0. The number of hydrogen-bond acceptors (Lipinski definition) is 5. The first-order valence-electron chi connectivity index (χ1n) is 7.59. The van der Waals surface area contributed by atoms with Crippen LogP contribution in [0.15, 0.2) is 4.79 Å². The highest BCUT2D eigenvalue weighted by Crippen LogP contribution is 2.15. The van der Waals surface area contributed by atoms with E-state index in [1.54, 1.807) is 4.90 Å². The van der Waals surface area contributed by atoms with Gasteiger partial charge in [0, 0.05) is 18.4 Å². The minimum Gasteiger partial charge on any atom is -0.370 e. The van der Waals surface area contributed by atoms with Gasteiger partial charge >= 0.3 is 0 Å². The number of aromatic nitrogens is 3. The van der Waals surface area contributed by atoms with Crippen molar-refractivity contribution in [2.24, 2.45) is 0 Å². The molecule has 2 rings (SSSR count). The van der Waals surface area contributed by atoms with Gasteiger partial charge in [-0.3, -0.25) is 9.78 Å². The first-order chi connectivity index (χ1) is 9.97. The summed E-state index contributed by atoms with van der Waals surface area (Å²) < 4.78 is 5.33. The minimum absolute atomic E-state index is 0.168. The molecule has 1 aromatic rings. The zero-order valence-corrected chi connectivity index (χ0v) is 13.2. The van der Waals surface area contributed by atoms with E-state index in [4.69, 9.17) is 4.74 Å². The number of nitrogens with one attached hydrogen (secondary N) is 3. The van der Waals surface area contributed by atoms with E-state index >= 15 is 0 Å². The summed E-state index contributed by atoms with van der Waals surface area (Å²) in [5.74, 6) is 0.449. The molecule has 3 N–H and O–H groups in total. The zero-order chi connectivity index (χ0) is 15.3. The fraction of sp³-hybridized carbons (Fsp3) is 0.786. The molecule has 7 nitrogen and oxygen atoms in total. The molecule has 118 valence electrons. The third-order valence-electron chi connectivity index (χ3n) is 3.61. The smallest absolute Gasteiger partial charge is 0.274 e. The highest BCUT2D eigenvalue weighted by molar-refractivity contribution is 5.22. The number of morpholine rings is 1. The van der Waals surface area contributed by atoms with Gasteiger partial charge in [0.25, 0.3) is 5.56 Å². The lowest BCUT2D eigenvalue weighted by atomic mass is 9.93. The Bertz CT molecular complexity index is 503. The van der Waals surface area contributed by atoms with Crippen molar-refractivity contribution >= 4 is 5.95 Å². The summed E-state index contributed by atoms with van der Waals surface area (Å²) in [4.78, 5) is 16.3. The largest absolute Gasteiger partial charge is 0.370 e. The maximum Gasteiger partial charge on any atom is 0.274 e. The van der Waals surface area contributed by atoms with Gasteiger partial charge in [0.2, 0.25) is 5.95 Å². The molecule has 1 aliphatic heterocycles. The SMILES string of the molecule is CC(C)(C)c1nnc(NCCC[NH+]2CCOCC2)[nH]c1=O. The maximum absolute atomic E-state index is 12.0. The third kappa shape index (κ3) is 4.78. The van der Waals surface area contributed by atoms with Crippen molar-refractivity contribution in [2.45, 2.75) is 32.6 Å². The van der Waals surface area contributed by atoms with Crippen LogP contribution >= 0.6 is 0 Å². The van der Waals surface area contributed by atoms with Gasteiger partial charge in [-0.1, -0.05) is 20.8 Å². The topological polar surface area (TPSA) is 84.3 Å². The number of aromatic amines is 1. The van der Waals surface area contributed by atoms with E-state index in [9.17, 15) is 4.79 Å². The highest BCUT2D eigenvalue weighted by Gasteiger charge is 2.20. The van der Waals surface area contributed by atoms with Crippen molar-refractivity contribution in [3.05, 3.63) is 16.0 Å². The first-order valence-corrected chi connectivity index (χ1v) is 7.59. The van der Waals surface area contributed by atoms with Gasteiger partial charge in [-0.05, 0) is 0 Å². The molecular weight excluding hydrogens is 270 g/mol. The van der Waals surface area contributed by atoms with Crippen LogP contribution in [0, 0.1) is 0 Å². The predicted molar refractivity (Wildman–Crippen MR) is 80.8 cm³/mol. The Hall–Kier alpha value is -1.47. The number of hydrogen-bond donors (Lipinski definition) is 3. The Labute approximate surface area is 125 Å². The van der Waals surface area contributed by atoms with Gasteiger partial charge in [-0.15, -0.1) is 10.2 Å². The van der Waals surface area contributed by atoms with Crippen molar-refractivity contribution in [2.75, 3.05) is 44.7 Å². The van der Waals surface area contributed by atoms with Gasteiger partial charge < -0.3 is 15.0 Å². The van der Waals surface area contributed by atoms with Gasteiger partial charge in [0.1, 0.15) is 18.8 Å². The van der Waals surface area contributed by atoms with Crippen LogP contribution in [-0.2, 0) is 10.2 Å². The number of quaternary nitrogens is 1. The Morgan fingerprint density at radius 1 is 1.29 bits per heavy atom. The molecule has 1 aromatic heterocycles. The van der Waals surface area contributed by atoms with E-state index < -0.39 is 0 Å². The first kappa shape index (κ1) is 15.9. The lowest BCUT2D eigenvalue weighted by Crippen LogP contribution is -3.14. The number of anilines is 1. The van der Waals surface area contributed by atoms with E-state index in [0.29, 0.717) is 11.6 Å². The highest BCUT2D eigenvalue weighted by atomic mass is 16.5. The Balaban J connectivity index is 1.78. The van der Waals surface area contributed by atoms with Crippen molar-refractivity contribution in [3.8, 4) is 0 Å². The molecule has 0 bridgehead atoms. The fourth-order valence-electron chi connectivity index (χ4n) is 2.36. The summed E-state index contributed by atoms with van der Waals surface area (Å²) >= 11 is 0. The van der Waals surface area contributed by atoms with Crippen LogP contribution < -0.4 is 15.8 Å². The summed E-state index contributed by atoms with van der Waals surface area (Å²) in [5, 5.41) is 11.2. The van der Waals surface area contributed by atoms with Crippen LogP contribution in [0.1, 0.15) is 32.9 Å². The van der Waals surface area contributed by atoms with E-state index in [2.05, 4.69) is 20.5 Å². The van der Waals surface area contributed by atoms with Crippen LogP contribution in [0.3, 0.4) is 0 Å². The number of ether oxygens (including phenoxy) is 1. The Morgan fingerprint density at radius 3 is 2.62 bits per heavy atom. The molecule has 21 heavy (non-hydrogen) atoms. The number of H-pyrrole nitrogens is 1. The second-order valence-electron chi connectivity index (χ2n) is 6.49. The van der Waals surface area contributed by atoms with Crippen molar-refractivity contribution < 1.29 is 9.64 Å². The summed E-state index contributed by atoms with van der Waals surface area (Å²) in [6.45, 7) is 11.6. The fourth-order valence-corrected chi connectivity index (χ4v) is 2.36. The summed E-state index contributed by atoms with van der Waals surface area (Å²) in [6.07, 6.45) is 1.03. The summed E-state index contributed by atoms with van der Waals surface area (Å²) in [7, 11) is 0. The second kappa shape index (κ2) is 7.00. The normalized spacial score (nSPS) is 16.9. The molecule has 0 amide bonds. The molecule has 0 atom stereocenters. The molecule has 0 aliphatic carbocycles. The molecule has 0 spiro atoms. The molecule has 1 aliphatic rings. The number of nitrogens with zero attached hydrogens (tertiary/aromatic N) is 2. The van der Waals surface area contributed by atoms with Crippen LogP contribution in [0.5, 0.6) is 0 Å². The molecular formula is C14H26N5O2+. The monoisotopic (exact) mass is 296 g/mol. The van der Waals surface area contributed by atoms with E-state index in [-0.39, 0.29) is 11.0 Å². The average molecular weight is 296 g/mol. The van der Waals surface area contributed by atoms with Crippen LogP contribution in [-0.4, -0.2) is 54.6 Å². The molecule has 7 heteroatoms. The second-order valence-corrected chi connectivity index (χ2v) is 6.49. The van der Waals surface area contributed by atoms with Crippen molar-refractivity contribution in [3.63, 3.8) is 0 Å². The van der Waals surface area contributed by atoms with Gasteiger partial charge in [0.05, 0.1) is 19.8 Å². The van der Waals surface area contributed by atoms with E-state index in [1.807, 2.05) is 20.8 Å². The van der Waals surface area contributed by atoms with E-state index in [1.165, 1.54) is 0 Å². The molecule has 0 aromatic carbocycles. The summed E-state index contributed by atoms with van der Waals surface area (Å²) in [6, 6.07) is 0. The van der Waals surface area contributed by atoms with Gasteiger partial charge in [-0.2, -0.15) is 0 Å². The number of rotatable bonds is 5. The molecule has 0 radical (unpaired) electrons. The van der Waals surface area contributed by atoms with Gasteiger partial charge in [0.15, 0.2) is 0 Å². The van der Waals surface area contributed by atoms with Crippen LogP contribution in [0.4, 0.5) is 5.95 Å². The third-order valence-corrected chi connectivity index (χ3v) is 3.61. The predicted octanol–water partition coefficient (Wildman–Crippen LogP) is -0.820. The lowest BCUT2D eigenvalue weighted by Gasteiger charge is -2.23. The van der Waals surface area contributed by atoms with Crippen LogP contribution in [0.25, 0.3) is 0 Å². The average Bonchev–Trinajstić information content (AvgIpc) is 2.43. The van der Waals surface area contributed by atoms with Crippen molar-refractivity contribution in [1.29, 1.82) is 0 Å². The van der Waals surface area contributed by atoms with Gasteiger partial charge in [-0.25, -0.2) is 0 Å². The Kier molecular flexibility index (Phi) is 5.30. The molecule has 2 heterocycles. The minimum atomic E-state index is -0.293. The summed E-state index contributed by atoms with van der Waals surface area (Å²) in [5.41, 5.74) is 0.00309. The molecule has 0 unspecified atom stereocenters. The zero-order valence-electron chi connectivity index (χ0n) is 13.2. The van der Waals surface area contributed by atoms with Crippen LogP contribution in [0.2, 0.25) is 0 Å². The molecule has 1 saturated heterocycles. The lowest BCUT2D eigenvalue weighted by molar-refractivity contribution is -0.908. The molecule has 1 fully saturated rings. The standard InChI is InChI=1S/C14H25N5O2/c1-14(2,3)11-12(20)16-13(18-17-11)15-5-4-6-19-7-9-21-10-8-19/h4-10H2,1-3H3,(H2,15,16,18,20)/p+1. The Morgan fingerprint density at radius 2 is 2.00 bits per heavy atom. The quantitative estimate of drug-likeness (QED) is 0.618. The van der Waals surface area contributed by atoms with Crippen molar-refractivity contribution in [1.82, 2.24) is 15.2 Å². The van der Waals surface area contributed by atoms with E-state index in [0.717, 1.165) is 45.8 Å².